The number of carbonyl (C=O) groups is 1. The molecule has 1 fully saturated rings. The Bertz CT molecular complexity index is 1110. The number of carbonyl (C=O) groups excluding carboxylic acids is 1. The van der Waals surface area contributed by atoms with Gasteiger partial charge in [0.2, 0.25) is 0 Å². The van der Waals surface area contributed by atoms with Crippen LogP contribution in [-0.2, 0) is 6.18 Å². The van der Waals surface area contributed by atoms with Crippen LogP contribution in [0.1, 0.15) is 43.2 Å². The molecule has 10 heteroatoms. The summed E-state index contributed by atoms with van der Waals surface area (Å²) >= 11 is 12.3. The molecule has 4 rings (SSSR count). The summed E-state index contributed by atoms with van der Waals surface area (Å²) in [4.78, 5) is 17.2. The van der Waals surface area contributed by atoms with Crippen LogP contribution < -0.4 is 5.32 Å². The Morgan fingerprint density at radius 1 is 1.06 bits per heavy atom. The van der Waals surface area contributed by atoms with Crippen LogP contribution in [0.5, 0.6) is 0 Å². The van der Waals surface area contributed by atoms with Crippen molar-refractivity contribution < 1.29 is 22.4 Å². The van der Waals surface area contributed by atoms with Gasteiger partial charge >= 0.3 is 12.2 Å². The standard InChI is InChI=1S/C26H27Cl2F4N3O/c27-20-11-18(12-21(28)15-20)17-3-5-24(6-4-17)35(10-9-34-7-1-2-8-34)25(36)33-23-14-19(26(30,31)32)13-22(29)16-23/h3,11-16,24H,1-2,4-10H2,(H,33,36). The van der Waals surface area contributed by atoms with E-state index in [9.17, 15) is 22.4 Å². The Morgan fingerprint density at radius 2 is 1.75 bits per heavy atom. The maximum absolute atomic E-state index is 13.9. The van der Waals surface area contributed by atoms with Crippen LogP contribution in [0, 0.1) is 5.82 Å². The normalized spacial score (nSPS) is 18.7. The smallest absolute Gasteiger partial charge is 0.320 e. The highest BCUT2D eigenvalue weighted by molar-refractivity contribution is 6.34. The zero-order chi connectivity index (χ0) is 25.9. The van der Waals surface area contributed by atoms with E-state index in [2.05, 4.69) is 16.3 Å². The number of likely N-dealkylation sites (tertiary alicyclic amines) is 1. The molecule has 1 aliphatic carbocycles. The van der Waals surface area contributed by atoms with Gasteiger partial charge in [-0.1, -0.05) is 29.3 Å². The predicted octanol–water partition coefficient (Wildman–Crippen LogP) is 7.72. The molecule has 2 aromatic rings. The van der Waals surface area contributed by atoms with E-state index in [0.717, 1.165) is 49.2 Å². The molecular weight excluding hydrogens is 517 g/mol. The van der Waals surface area contributed by atoms with Crippen molar-refractivity contribution in [3.63, 3.8) is 0 Å². The Labute approximate surface area is 217 Å². The van der Waals surface area contributed by atoms with E-state index < -0.39 is 23.6 Å². The summed E-state index contributed by atoms with van der Waals surface area (Å²) in [5, 5.41) is 3.58. The van der Waals surface area contributed by atoms with Crippen LogP contribution in [0.4, 0.5) is 28.0 Å². The van der Waals surface area contributed by atoms with Crippen molar-refractivity contribution >= 4 is 40.5 Å². The van der Waals surface area contributed by atoms with Gasteiger partial charge in [0.25, 0.3) is 0 Å². The Morgan fingerprint density at radius 3 is 2.36 bits per heavy atom. The van der Waals surface area contributed by atoms with E-state index in [4.69, 9.17) is 23.2 Å². The number of hydrogen-bond donors (Lipinski definition) is 1. The van der Waals surface area contributed by atoms with E-state index in [1.165, 1.54) is 0 Å². The molecule has 1 heterocycles. The molecule has 0 bridgehead atoms. The topological polar surface area (TPSA) is 35.6 Å². The average Bonchev–Trinajstić information content (AvgIpc) is 3.32. The number of benzene rings is 2. The fourth-order valence-electron chi connectivity index (χ4n) is 4.83. The van der Waals surface area contributed by atoms with Gasteiger partial charge < -0.3 is 15.1 Å². The molecule has 1 N–H and O–H groups in total. The molecule has 4 nitrogen and oxygen atoms in total. The number of rotatable bonds is 6. The van der Waals surface area contributed by atoms with E-state index in [1.807, 2.05) is 12.1 Å². The first kappa shape index (κ1) is 26.8. The Balaban J connectivity index is 1.51. The van der Waals surface area contributed by atoms with Crippen molar-refractivity contribution in [3.8, 4) is 0 Å². The monoisotopic (exact) mass is 543 g/mol. The SMILES string of the molecule is O=C(Nc1cc(F)cc(C(F)(F)F)c1)N(CCN1CCCC1)C1CC=C(c2cc(Cl)cc(Cl)c2)CC1. The highest BCUT2D eigenvalue weighted by atomic mass is 35.5. The second-order valence-electron chi connectivity index (χ2n) is 9.21. The van der Waals surface area contributed by atoms with Gasteiger partial charge in [-0.15, -0.1) is 0 Å². The lowest BCUT2D eigenvalue weighted by atomic mass is 9.90. The second kappa shape index (κ2) is 11.4. The number of halogens is 6. The zero-order valence-electron chi connectivity index (χ0n) is 19.6. The molecule has 1 unspecified atom stereocenters. The zero-order valence-corrected chi connectivity index (χ0v) is 21.1. The van der Waals surface area contributed by atoms with Gasteiger partial charge in [-0.3, -0.25) is 0 Å². The van der Waals surface area contributed by atoms with Crippen molar-refractivity contribution in [1.29, 1.82) is 0 Å². The van der Waals surface area contributed by atoms with Crippen LogP contribution in [0.15, 0.2) is 42.5 Å². The molecule has 0 spiro atoms. The minimum Gasteiger partial charge on any atom is -0.320 e. The first-order chi connectivity index (χ1) is 17.1. The summed E-state index contributed by atoms with van der Waals surface area (Å²) in [5.41, 5.74) is 0.639. The number of amides is 2. The fraction of sp³-hybridized carbons (Fsp3) is 0.423. The lowest BCUT2D eigenvalue weighted by Gasteiger charge is -2.35. The molecule has 0 aromatic heterocycles. The van der Waals surface area contributed by atoms with E-state index in [0.29, 0.717) is 48.5 Å². The summed E-state index contributed by atoms with van der Waals surface area (Å²) in [6, 6.07) is 6.73. The van der Waals surface area contributed by atoms with Gasteiger partial charge in [-0.05, 0) is 92.7 Å². The van der Waals surface area contributed by atoms with Gasteiger partial charge in [0, 0.05) is 34.9 Å². The number of alkyl halides is 3. The van der Waals surface area contributed by atoms with E-state index in [1.54, 1.807) is 11.0 Å². The van der Waals surface area contributed by atoms with Crippen molar-refractivity contribution in [2.45, 2.75) is 44.3 Å². The minimum absolute atomic E-state index is 0.151. The van der Waals surface area contributed by atoms with E-state index in [-0.39, 0.29) is 11.7 Å². The first-order valence-electron chi connectivity index (χ1n) is 11.9. The summed E-state index contributed by atoms with van der Waals surface area (Å²) in [5.74, 6) is -1.06. The Kier molecular flexibility index (Phi) is 8.48. The van der Waals surface area contributed by atoms with Crippen molar-refractivity contribution in [2.24, 2.45) is 0 Å². The maximum atomic E-state index is 13.9. The summed E-state index contributed by atoms with van der Waals surface area (Å²) in [6.07, 6.45) is 1.47. The molecule has 1 saturated heterocycles. The third-order valence-electron chi connectivity index (χ3n) is 6.65. The lowest BCUT2D eigenvalue weighted by molar-refractivity contribution is -0.137. The number of urea groups is 1. The number of hydrogen-bond acceptors (Lipinski definition) is 2. The second-order valence-corrected chi connectivity index (χ2v) is 10.1. The Hall–Kier alpha value is -2.29. The molecule has 0 radical (unpaired) electrons. The molecule has 2 aliphatic rings. The fourth-order valence-corrected chi connectivity index (χ4v) is 5.36. The van der Waals surface area contributed by atoms with Crippen LogP contribution in [0.3, 0.4) is 0 Å². The first-order valence-corrected chi connectivity index (χ1v) is 12.7. The molecule has 194 valence electrons. The highest BCUT2D eigenvalue weighted by Crippen LogP contribution is 2.34. The summed E-state index contributed by atoms with van der Waals surface area (Å²) in [6.45, 7) is 3.00. The van der Waals surface area contributed by atoms with Gasteiger partial charge in [0.05, 0.1) is 5.56 Å². The van der Waals surface area contributed by atoms with Gasteiger partial charge in [0.15, 0.2) is 0 Å². The maximum Gasteiger partial charge on any atom is 0.416 e. The third kappa shape index (κ3) is 6.93. The lowest BCUT2D eigenvalue weighted by Crippen LogP contribution is -2.47. The van der Waals surface area contributed by atoms with Crippen LogP contribution >= 0.6 is 23.2 Å². The van der Waals surface area contributed by atoms with Crippen molar-refractivity contribution in [2.75, 3.05) is 31.5 Å². The van der Waals surface area contributed by atoms with Gasteiger partial charge in [-0.25, -0.2) is 9.18 Å². The molecule has 2 aromatic carbocycles. The molecule has 2 amide bonds. The quantitative estimate of drug-likeness (QED) is 0.378. The number of anilines is 1. The number of nitrogens with zero attached hydrogens (tertiary/aromatic N) is 2. The van der Waals surface area contributed by atoms with Crippen molar-refractivity contribution in [3.05, 3.63) is 69.5 Å². The predicted molar refractivity (Wildman–Crippen MR) is 135 cm³/mol. The minimum atomic E-state index is -4.72. The van der Waals surface area contributed by atoms with Crippen LogP contribution in [-0.4, -0.2) is 48.1 Å². The van der Waals surface area contributed by atoms with Crippen LogP contribution in [0.2, 0.25) is 10.0 Å². The largest absolute Gasteiger partial charge is 0.416 e. The van der Waals surface area contributed by atoms with Gasteiger partial charge in [-0.2, -0.15) is 13.2 Å². The van der Waals surface area contributed by atoms with E-state index >= 15 is 0 Å². The molecule has 0 saturated carbocycles. The third-order valence-corrected chi connectivity index (χ3v) is 7.09. The molecule has 1 aliphatic heterocycles. The number of allylic oxidation sites excluding steroid dienone is 1. The van der Waals surface area contributed by atoms with Gasteiger partial charge in [0.1, 0.15) is 5.82 Å². The summed E-state index contributed by atoms with van der Waals surface area (Å²) < 4.78 is 53.3. The molecular formula is C26H27Cl2F4N3O. The highest BCUT2D eigenvalue weighted by Gasteiger charge is 2.32. The average molecular weight is 544 g/mol. The molecule has 1 atom stereocenters. The summed E-state index contributed by atoms with van der Waals surface area (Å²) in [7, 11) is 0. The van der Waals surface area contributed by atoms with Crippen LogP contribution in [0.25, 0.3) is 5.57 Å². The number of nitrogens with one attached hydrogen (secondary N) is 1. The molecule has 36 heavy (non-hydrogen) atoms. The van der Waals surface area contributed by atoms with Crippen molar-refractivity contribution in [1.82, 2.24) is 9.80 Å².